The molecule has 2 unspecified atom stereocenters. The van der Waals surface area contributed by atoms with Crippen molar-refractivity contribution in [2.24, 2.45) is 0 Å². The molecule has 46 heavy (non-hydrogen) atoms. The number of nitriles is 1. The number of aryl methyl sites for hydroxylation is 1. The Hall–Kier alpha value is -4.65. The lowest BCUT2D eigenvalue weighted by Gasteiger charge is -2.38. The number of amides is 3. The maximum Gasteiger partial charge on any atom is 0.251 e. The number of anilines is 1. The average Bonchev–Trinajstić information content (AvgIpc) is 3.29. The zero-order valence-corrected chi connectivity index (χ0v) is 25.9. The third kappa shape index (κ3) is 7.09. The number of hydrogen-bond acceptors (Lipinski definition) is 4. The van der Waals surface area contributed by atoms with E-state index in [4.69, 9.17) is 0 Å². The maximum atomic E-state index is 14.9. The summed E-state index contributed by atoms with van der Waals surface area (Å²) in [5.41, 5.74) is 3.10. The lowest BCUT2D eigenvalue weighted by atomic mass is 9.91. The zero-order chi connectivity index (χ0) is 33.0. The summed E-state index contributed by atoms with van der Waals surface area (Å²) < 4.78 is 42.6. The van der Waals surface area contributed by atoms with Crippen molar-refractivity contribution in [1.82, 2.24) is 10.2 Å². The topological polar surface area (TPSA) is 93.5 Å². The standard InChI is InChI=1S/C36H37F3N4O3/c1-3-24-11-12-25(22-40)20-29(19-24)42-31(13-14-32(42)44)35(46)43(28-9-6-8-26(37)21-28)33(30-10-5-4-7-23(30)2)34(45)41-27-15-17-36(38,39)18-16-27/h4-12,20-21,27,31,33H,3,13-19H2,1-2H3,(H,41,45). The van der Waals surface area contributed by atoms with E-state index < -0.39 is 41.7 Å². The normalized spacial score (nSPS) is 20.5. The summed E-state index contributed by atoms with van der Waals surface area (Å²) >= 11 is 0. The summed E-state index contributed by atoms with van der Waals surface area (Å²) in [6, 6.07) is 11.7. The van der Waals surface area contributed by atoms with Gasteiger partial charge in [-0.15, -0.1) is 0 Å². The molecule has 2 aromatic rings. The van der Waals surface area contributed by atoms with Crippen LogP contribution in [0.15, 0.2) is 83.6 Å². The van der Waals surface area contributed by atoms with Crippen LogP contribution in [0.25, 0.3) is 0 Å². The minimum atomic E-state index is -2.79. The summed E-state index contributed by atoms with van der Waals surface area (Å²) in [7, 11) is 0. The van der Waals surface area contributed by atoms with Crippen LogP contribution in [0.4, 0.5) is 18.9 Å². The predicted octanol–water partition coefficient (Wildman–Crippen LogP) is 6.97. The molecule has 1 aliphatic heterocycles. The highest BCUT2D eigenvalue weighted by molar-refractivity contribution is 6.06. The highest BCUT2D eigenvalue weighted by Crippen LogP contribution is 2.38. The summed E-state index contributed by atoms with van der Waals surface area (Å²) in [4.78, 5) is 45.2. The Labute approximate surface area is 267 Å². The van der Waals surface area contributed by atoms with Crippen molar-refractivity contribution in [3.8, 4) is 6.07 Å². The van der Waals surface area contributed by atoms with Crippen LogP contribution in [-0.2, 0) is 14.4 Å². The molecule has 2 fully saturated rings. The first kappa shape index (κ1) is 32.7. The van der Waals surface area contributed by atoms with Gasteiger partial charge in [-0.2, -0.15) is 5.26 Å². The van der Waals surface area contributed by atoms with Crippen LogP contribution >= 0.6 is 0 Å². The van der Waals surface area contributed by atoms with Gasteiger partial charge < -0.3 is 10.2 Å². The lowest BCUT2D eigenvalue weighted by Crippen LogP contribution is -2.53. The van der Waals surface area contributed by atoms with Crippen LogP contribution in [0.1, 0.15) is 75.5 Å². The molecule has 7 nitrogen and oxygen atoms in total. The molecule has 2 aliphatic carbocycles. The van der Waals surface area contributed by atoms with Crippen molar-refractivity contribution >= 4 is 23.4 Å². The number of alkyl halides is 2. The Morgan fingerprint density at radius 1 is 1.11 bits per heavy atom. The fourth-order valence-electron chi connectivity index (χ4n) is 6.47. The van der Waals surface area contributed by atoms with Crippen molar-refractivity contribution in [1.29, 1.82) is 5.26 Å². The summed E-state index contributed by atoms with van der Waals surface area (Å²) in [5.74, 6) is -4.89. The first-order valence-electron chi connectivity index (χ1n) is 15.7. The molecular weight excluding hydrogens is 593 g/mol. The molecule has 1 N–H and O–H groups in total. The van der Waals surface area contributed by atoms with E-state index in [1.165, 1.54) is 28.0 Å². The van der Waals surface area contributed by atoms with Crippen molar-refractivity contribution < 1.29 is 27.6 Å². The smallest absolute Gasteiger partial charge is 0.251 e. The molecule has 3 amide bonds. The molecule has 1 heterocycles. The molecule has 0 radical (unpaired) electrons. The molecule has 2 aromatic carbocycles. The quantitative estimate of drug-likeness (QED) is 0.341. The van der Waals surface area contributed by atoms with E-state index in [2.05, 4.69) is 11.4 Å². The number of carbonyl (C=O) groups excluding carboxylic acids is 3. The van der Waals surface area contributed by atoms with Crippen LogP contribution < -0.4 is 10.2 Å². The highest BCUT2D eigenvalue weighted by atomic mass is 19.3. The molecule has 0 aromatic heterocycles. The van der Waals surface area contributed by atoms with Gasteiger partial charge in [-0.25, -0.2) is 13.2 Å². The molecule has 5 rings (SSSR count). The fraction of sp³-hybridized carbons (Fsp3) is 0.389. The van der Waals surface area contributed by atoms with Gasteiger partial charge in [-0.3, -0.25) is 19.3 Å². The number of rotatable bonds is 8. The Kier molecular flexibility index (Phi) is 9.80. The molecule has 3 aliphatic rings. The van der Waals surface area contributed by atoms with Gasteiger partial charge >= 0.3 is 0 Å². The minimum absolute atomic E-state index is 0.0685. The van der Waals surface area contributed by atoms with Gasteiger partial charge in [0.15, 0.2) is 0 Å². The fourth-order valence-corrected chi connectivity index (χ4v) is 6.47. The number of carbonyl (C=O) groups is 3. The predicted molar refractivity (Wildman–Crippen MR) is 168 cm³/mol. The Balaban J connectivity index is 1.59. The van der Waals surface area contributed by atoms with Crippen LogP contribution in [-0.4, -0.2) is 40.6 Å². The number of benzene rings is 2. The highest BCUT2D eigenvalue weighted by Gasteiger charge is 2.45. The number of allylic oxidation sites excluding steroid dienone is 5. The summed E-state index contributed by atoms with van der Waals surface area (Å²) in [6.45, 7) is 3.76. The van der Waals surface area contributed by atoms with Gasteiger partial charge in [0.2, 0.25) is 17.7 Å². The molecule has 10 heteroatoms. The third-order valence-electron chi connectivity index (χ3n) is 9.00. The molecule has 240 valence electrons. The van der Waals surface area contributed by atoms with E-state index in [1.54, 1.807) is 43.3 Å². The Bertz CT molecular complexity index is 1650. The average molecular weight is 631 g/mol. The van der Waals surface area contributed by atoms with Crippen LogP contribution in [0.2, 0.25) is 0 Å². The van der Waals surface area contributed by atoms with E-state index >= 15 is 0 Å². The van der Waals surface area contributed by atoms with E-state index in [9.17, 15) is 32.8 Å². The number of halogens is 3. The third-order valence-corrected chi connectivity index (χ3v) is 9.00. The second kappa shape index (κ2) is 13.8. The van der Waals surface area contributed by atoms with Gasteiger partial charge in [-0.1, -0.05) is 48.9 Å². The molecule has 1 saturated carbocycles. The maximum absolute atomic E-state index is 14.9. The Morgan fingerprint density at radius 2 is 1.85 bits per heavy atom. The van der Waals surface area contributed by atoms with Gasteiger partial charge in [0, 0.05) is 43.1 Å². The molecule has 2 atom stereocenters. The number of nitrogens with zero attached hydrogens (tertiary/aromatic N) is 3. The van der Waals surface area contributed by atoms with E-state index in [-0.39, 0.29) is 50.1 Å². The summed E-state index contributed by atoms with van der Waals surface area (Å²) in [6.07, 6.45) is 5.81. The number of hydrogen-bond donors (Lipinski definition) is 1. The van der Waals surface area contributed by atoms with Crippen LogP contribution in [0.5, 0.6) is 0 Å². The van der Waals surface area contributed by atoms with E-state index in [1.807, 2.05) is 13.0 Å². The van der Waals surface area contributed by atoms with E-state index in [0.29, 0.717) is 35.2 Å². The minimum Gasteiger partial charge on any atom is -0.351 e. The van der Waals surface area contributed by atoms with Gasteiger partial charge in [0.1, 0.15) is 17.9 Å². The first-order chi connectivity index (χ1) is 22.0. The molecule has 1 saturated heterocycles. The van der Waals surface area contributed by atoms with Crippen LogP contribution in [0.3, 0.4) is 0 Å². The van der Waals surface area contributed by atoms with E-state index in [0.717, 1.165) is 11.6 Å². The van der Waals surface area contributed by atoms with Crippen LogP contribution in [0, 0.1) is 24.1 Å². The van der Waals surface area contributed by atoms with Gasteiger partial charge in [0.05, 0.1) is 11.6 Å². The van der Waals surface area contributed by atoms with Gasteiger partial charge in [0.25, 0.3) is 5.91 Å². The Morgan fingerprint density at radius 3 is 2.52 bits per heavy atom. The number of likely N-dealkylation sites (tertiary alicyclic amines) is 1. The largest absolute Gasteiger partial charge is 0.351 e. The SMILES string of the molecule is CCC1=CC=C(C#N)C=C(N2C(=O)CCC2C(=O)N(c2cccc(F)c2)C(C(=O)NC2CCC(F)(F)CC2)c2ccccc2C)C1. The van der Waals surface area contributed by atoms with Crippen molar-refractivity contribution in [2.45, 2.75) is 89.3 Å². The monoisotopic (exact) mass is 630 g/mol. The summed E-state index contributed by atoms with van der Waals surface area (Å²) in [5, 5.41) is 12.6. The lowest BCUT2D eigenvalue weighted by molar-refractivity contribution is -0.133. The first-order valence-corrected chi connectivity index (χ1v) is 15.7. The second-order valence-electron chi connectivity index (χ2n) is 12.1. The van der Waals surface area contributed by atoms with Crippen molar-refractivity contribution in [2.75, 3.05) is 4.90 Å². The zero-order valence-electron chi connectivity index (χ0n) is 25.9. The number of nitrogens with one attached hydrogen (secondary N) is 1. The second-order valence-corrected chi connectivity index (χ2v) is 12.1. The molecule has 0 spiro atoms. The van der Waals surface area contributed by atoms with Gasteiger partial charge in [-0.05, 0) is 74.1 Å². The molecular formula is C36H37F3N4O3. The van der Waals surface area contributed by atoms with Crippen molar-refractivity contribution in [3.63, 3.8) is 0 Å². The molecule has 0 bridgehead atoms. The van der Waals surface area contributed by atoms with Crippen molar-refractivity contribution in [3.05, 3.63) is 101 Å².